The number of ether oxygens (including phenoxy) is 1. The maximum atomic E-state index is 11.4. The smallest absolute Gasteiger partial charge is 0.220 e. The highest BCUT2D eigenvalue weighted by molar-refractivity contribution is 5.84. The molecule has 0 saturated heterocycles. The Kier molecular flexibility index (Phi) is 4.19. The molecule has 0 bridgehead atoms. The van der Waals surface area contributed by atoms with E-state index in [-0.39, 0.29) is 11.8 Å². The van der Waals surface area contributed by atoms with Crippen molar-refractivity contribution in [1.82, 2.24) is 9.97 Å². The number of amides is 1. The van der Waals surface area contributed by atoms with Crippen LogP contribution in [0, 0.1) is 17.8 Å². The molecule has 6 heteroatoms. The summed E-state index contributed by atoms with van der Waals surface area (Å²) < 4.78 is 5.29. The van der Waals surface area contributed by atoms with Gasteiger partial charge in [-0.1, -0.05) is 0 Å². The predicted molar refractivity (Wildman–Crippen MR) is 96.4 cm³/mol. The summed E-state index contributed by atoms with van der Waals surface area (Å²) in [5.41, 5.74) is 9.61. The summed E-state index contributed by atoms with van der Waals surface area (Å²) in [6.45, 7) is 0.954. The van der Waals surface area contributed by atoms with Crippen LogP contribution < -0.4 is 15.8 Å². The molecule has 2 aliphatic rings. The first kappa shape index (κ1) is 16.1. The zero-order valence-electron chi connectivity index (χ0n) is 14.5. The number of carbonyl (C=O) groups is 1. The number of nitrogens with two attached hydrogens (primary N) is 1. The Balaban J connectivity index is 1.58. The van der Waals surface area contributed by atoms with Crippen molar-refractivity contribution in [2.75, 3.05) is 19.0 Å². The van der Waals surface area contributed by atoms with Gasteiger partial charge in [-0.15, -0.1) is 0 Å². The van der Waals surface area contributed by atoms with Crippen molar-refractivity contribution in [3.63, 3.8) is 0 Å². The second-order valence-electron chi connectivity index (χ2n) is 7.23. The fourth-order valence-corrected chi connectivity index (χ4v) is 4.36. The molecule has 1 unspecified atom stereocenters. The fraction of sp³-hybridized carbons (Fsp3) is 0.526. The van der Waals surface area contributed by atoms with Crippen molar-refractivity contribution in [1.29, 1.82) is 0 Å². The topological polar surface area (TPSA) is 90.1 Å². The van der Waals surface area contributed by atoms with E-state index in [0.717, 1.165) is 55.4 Å². The lowest BCUT2D eigenvalue weighted by Gasteiger charge is -2.36. The number of rotatable bonds is 3. The molecule has 1 saturated carbocycles. The van der Waals surface area contributed by atoms with Gasteiger partial charge in [-0.05, 0) is 50.0 Å². The van der Waals surface area contributed by atoms with E-state index in [2.05, 4.69) is 15.3 Å². The van der Waals surface area contributed by atoms with E-state index in [0.29, 0.717) is 17.7 Å². The Morgan fingerprint density at radius 3 is 2.76 bits per heavy atom. The summed E-state index contributed by atoms with van der Waals surface area (Å²) >= 11 is 0. The van der Waals surface area contributed by atoms with Gasteiger partial charge < -0.3 is 15.8 Å². The number of anilines is 1. The molecule has 3 heterocycles. The third kappa shape index (κ3) is 3.01. The zero-order chi connectivity index (χ0) is 17.4. The molecular weight excluding hydrogens is 316 g/mol. The van der Waals surface area contributed by atoms with E-state index in [1.54, 1.807) is 7.11 Å². The van der Waals surface area contributed by atoms with Crippen molar-refractivity contribution in [3.8, 4) is 5.88 Å². The number of aromatic nitrogens is 2. The average molecular weight is 340 g/mol. The molecule has 25 heavy (non-hydrogen) atoms. The summed E-state index contributed by atoms with van der Waals surface area (Å²) in [7, 11) is 1.63. The number of pyridine rings is 2. The third-order valence-electron chi connectivity index (χ3n) is 5.86. The monoisotopic (exact) mass is 340 g/mol. The van der Waals surface area contributed by atoms with Crippen molar-refractivity contribution in [2.24, 2.45) is 23.5 Å². The SMILES string of the molecule is COc1ccc2ncc3c(c2n1)CC(C1CCC(C(N)=O)CC1)CN3. The number of primary amides is 1. The molecule has 2 aromatic heterocycles. The summed E-state index contributed by atoms with van der Waals surface area (Å²) in [4.78, 5) is 20.5. The van der Waals surface area contributed by atoms with Gasteiger partial charge in [0.15, 0.2) is 0 Å². The van der Waals surface area contributed by atoms with Gasteiger partial charge in [0.05, 0.1) is 30.0 Å². The van der Waals surface area contributed by atoms with Crippen LogP contribution in [0.5, 0.6) is 5.88 Å². The summed E-state index contributed by atoms with van der Waals surface area (Å²) in [6, 6.07) is 3.81. The summed E-state index contributed by atoms with van der Waals surface area (Å²) in [6.07, 6.45) is 6.91. The van der Waals surface area contributed by atoms with Crippen LogP contribution in [0.25, 0.3) is 11.0 Å². The highest BCUT2D eigenvalue weighted by atomic mass is 16.5. The average Bonchev–Trinajstić information content (AvgIpc) is 2.67. The number of hydrogen-bond acceptors (Lipinski definition) is 5. The van der Waals surface area contributed by atoms with E-state index in [1.807, 2.05) is 18.3 Å². The van der Waals surface area contributed by atoms with E-state index in [1.165, 1.54) is 5.56 Å². The van der Waals surface area contributed by atoms with Gasteiger partial charge >= 0.3 is 0 Å². The molecule has 3 N–H and O–H groups in total. The lowest BCUT2D eigenvalue weighted by atomic mass is 9.73. The van der Waals surface area contributed by atoms with E-state index >= 15 is 0 Å². The van der Waals surface area contributed by atoms with Gasteiger partial charge in [0.2, 0.25) is 11.8 Å². The first-order valence-electron chi connectivity index (χ1n) is 9.01. The molecule has 1 amide bonds. The molecule has 6 nitrogen and oxygen atoms in total. The van der Waals surface area contributed by atoms with E-state index < -0.39 is 0 Å². The van der Waals surface area contributed by atoms with E-state index in [9.17, 15) is 4.79 Å². The minimum absolute atomic E-state index is 0.0658. The van der Waals surface area contributed by atoms with Gasteiger partial charge in [0.25, 0.3) is 0 Å². The molecule has 0 aromatic carbocycles. The summed E-state index contributed by atoms with van der Waals surface area (Å²) in [5, 5.41) is 3.54. The normalized spacial score (nSPS) is 25.9. The largest absolute Gasteiger partial charge is 0.481 e. The lowest BCUT2D eigenvalue weighted by molar-refractivity contribution is -0.123. The number of methoxy groups -OCH3 is 1. The maximum Gasteiger partial charge on any atom is 0.220 e. The third-order valence-corrected chi connectivity index (χ3v) is 5.86. The molecule has 1 atom stereocenters. The van der Waals surface area contributed by atoms with E-state index in [4.69, 9.17) is 10.5 Å². The number of hydrogen-bond donors (Lipinski definition) is 2. The molecule has 1 aliphatic carbocycles. The molecule has 0 spiro atoms. The molecular formula is C19H24N4O2. The van der Waals surface area contributed by atoms with Crippen LogP contribution in [0.1, 0.15) is 31.2 Å². The van der Waals surface area contributed by atoms with Crippen LogP contribution in [0.2, 0.25) is 0 Å². The molecule has 4 rings (SSSR count). The molecule has 2 aromatic rings. The van der Waals surface area contributed by atoms with Gasteiger partial charge in [-0.25, -0.2) is 4.98 Å². The first-order valence-corrected chi connectivity index (χ1v) is 9.01. The molecule has 1 aliphatic heterocycles. The van der Waals surface area contributed by atoms with Crippen molar-refractivity contribution in [2.45, 2.75) is 32.1 Å². The van der Waals surface area contributed by atoms with Crippen molar-refractivity contribution < 1.29 is 9.53 Å². The number of fused-ring (bicyclic) bond motifs is 3. The quantitative estimate of drug-likeness (QED) is 0.896. The Labute approximate surface area is 147 Å². The Hall–Kier alpha value is -2.37. The minimum atomic E-state index is -0.140. The summed E-state index contributed by atoms with van der Waals surface area (Å²) in [5.74, 6) is 1.73. The Morgan fingerprint density at radius 1 is 1.24 bits per heavy atom. The second kappa shape index (κ2) is 6.50. The van der Waals surface area contributed by atoms with Gasteiger partial charge in [0.1, 0.15) is 0 Å². The Bertz CT molecular complexity index is 794. The van der Waals surface area contributed by atoms with Gasteiger partial charge in [0, 0.05) is 24.1 Å². The number of nitrogens with one attached hydrogen (secondary N) is 1. The molecule has 132 valence electrons. The number of nitrogens with zero attached hydrogens (tertiary/aromatic N) is 2. The molecule has 1 fully saturated rings. The standard InChI is InChI=1S/C19H24N4O2/c1-25-17-7-6-15-18(23-17)14-8-13(9-21-16(14)10-22-15)11-2-4-12(5-3-11)19(20)24/h6-7,10-13,21H,2-5,8-9H2,1H3,(H2,20,24). The minimum Gasteiger partial charge on any atom is -0.481 e. The van der Waals surface area contributed by atoms with Crippen LogP contribution in [-0.4, -0.2) is 29.5 Å². The Morgan fingerprint density at radius 2 is 2.04 bits per heavy atom. The maximum absolute atomic E-state index is 11.4. The second-order valence-corrected chi connectivity index (χ2v) is 7.23. The van der Waals surface area contributed by atoms with Crippen LogP contribution in [0.4, 0.5) is 5.69 Å². The first-order chi connectivity index (χ1) is 12.2. The molecule has 0 radical (unpaired) electrons. The predicted octanol–water partition coefficient (Wildman–Crippen LogP) is 2.51. The van der Waals surface area contributed by atoms with Crippen LogP contribution in [0.3, 0.4) is 0 Å². The fourth-order valence-electron chi connectivity index (χ4n) is 4.36. The zero-order valence-corrected chi connectivity index (χ0v) is 14.5. The van der Waals surface area contributed by atoms with Crippen LogP contribution in [0.15, 0.2) is 18.3 Å². The highest BCUT2D eigenvalue weighted by Gasteiger charge is 2.32. The highest BCUT2D eigenvalue weighted by Crippen LogP contribution is 2.39. The van der Waals surface area contributed by atoms with Gasteiger partial charge in [-0.2, -0.15) is 0 Å². The van der Waals surface area contributed by atoms with Crippen molar-refractivity contribution >= 4 is 22.6 Å². The van der Waals surface area contributed by atoms with Crippen molar-refractivity contribution in [3.05, 3.63) is 23.9 Å². The number of carbonyl (C=O) groups excluding carboxylic acids is 1. The lowest BCUT2D eigenvalue weighted by Crippen LogP contribution is -2.34. The van der Waals surface area contributed by atoms with Gasteiger partial charge in [-0.3, -0.25) is 9.78 Å². The van der Waals surface area contributed by atoms with Crippen LogP contribution in [-0.2, 0) is 11.2 Å². The van der Waals surface area contributed by atoms with Crippen LogP contribution >= 0.6 is 0 Å².